The smallest absolute Gasteiger partial charge is 0.344 e. The molecule has 0 saturated carbocycles. The molecule has 0 fully saturated rings. The molecule has 1 atom stereocenters. The predicted octanol–water partition coefficient (Wildman–Crippen LogP) is 2.57. The van der Waals surface area contributed by atoms with Crippen molar-refractivity contribution >= 4 is 5.95 Å². The Morgan fingerprint density at radius 3 is 2.71 bits per heavy atom. The van der Waals surface area contributed by atoms with Gasteiger partial charge < -0.3 is 5.32 Å². The van der Waals surface area contributed by atoms with Crippen LogP contribution in [0, 0.1) is 6.92 Å². The van der Waals surface area contributed by atoms with Crippen molar-refractivity contribution in [1.29, 1.82) is 0 Å². The zero-order valence-corrected chi connectivity index (χ0v) is 11.6. The number of halogens is 3. The van der Waals surface area contributed by atoms with Crippen LogP contribution in [0.4, 0.5) is 19.1 Å². The van der Waals surface area contributed by atoms with E-state index in [4.69, 9.17) is 0 Å². The molecule has 6 nitrogen and oxygen atoms in total. The molecule has 0 saturated heterocycles. The van der Waals surface area contributed by atoms with E-state index in [1.807, 2.05) is 6.92 Å². The highest BCUT2D eigenvalue weighted by Crippen LogP contribution is 2.22. The first-order valence-corrected chi connectivity index (χ1v) is 6.37. The number of anilines is 1. The molecule has 0 unspecified atom stereocenters. The molecule has 2 heterocycles. The molecule has 0 radical (unpaired) electrons. The number of H-pyrrole nitrogens is 1. The minimum atomic E-state index is -4.19. The SMILES string of the molecule is Cc1nc([C@H](C)Nc2nccc(CCC(F)(F)F)n2)n[nH]1. The third-order valence-electron chi connectivity index (χ3n) is 2.73. The summed E-state index contributed by atoms with van der Waals surface area (Å²) in [5.41, 5.74) is 0.336. The highest BCUT2D eigenvalue weighted by Gasteiger charge is 2.26. The minimum absolute atomic E-state index is 0.172. The molecule has 0 aromatic carbocycles. The van der Waals surface area contributed by atoms with E-state index in [1.54, 1.807) is 6.92 Å². The van der Waals surface area contributed by atoms with Crippen LogP contribution in [0.5, 0.6) is 0 Å². The van der Waals surface area contributed by atoms with Crippen LogP contribution in [0.3, 0.4) is 0 Å². The molecule has 9 heteroatoms. The van der Waals surface area contributed by atoms with E-state index in [9.17, 15) is 13.2 Å². The van der Waals surface area contributed by atoms with Crippen LogP contribution in [0.15, 0.2) is 12.3 Å². The third-order valence-corrected chi connectivity index (χ3v) is 2.73. The fourth-order valence-corrected chi connectivity index (χ4v) is 1.69. The summed E-state index contributed by atoms with van der Waals surface area (Å²) < 4.78 is 36.6. The molecule has 2 aromatic heterocycles. The summed E-state index contributed by atoms with van der Waals surface area (Å²) in [5, 5.41) is 9.68. The Morgan fingerprint density at radius 1 is 1.33 bits per heavy atom. The number of hydrogen-bond acceptors (Lipinski definition) is 5. The molecule has 0 aliphatic rings. The van der Waals surface area contributed by atoms with Gasteiger partial charge in [-0.15, -0.1) is 0 Å². The van der Waals surface area contributed by atoms with Crippen LogP contribution < -0.4 is 5.32 Å². The van der Waals surface area contributed by atoms with Gasteiger partial charge in [-0.25, -0.2) is 15.0 Å². The average molecular weight is 300 g/mol. The first kappa shape index (κ1) is 15.2. The average Bonchev–Trinajstić information content (AvgIpc) is 2.83. The van der Waals surface area contributed by atoms with Crippen molar-refractivity contribution in [3.8, 4) is 0 Å². The molecule has 0 aliphatic heterocycles. The molecule has 0 spiro atoms. The van der Waals surface area contributed by atoms with E-state index < -0.39 is 12.6 Å². The van der Waals surface area contributed by atoms with E-state index in [0.29, 0.717) is 17.3 Å². The Balaban J connectivity index is 2.00. The fraction of sp³-hybridized carbons (Fsp3) is 0.500. The van der Waals surface area contributed by atoms with Crippen molar-refractivity contribution in [3.63, 3.8) is 0 Å². The zero-order chi connectivity index (χ0) is 15.5. The number of nitrogens with one attached hydrogen (secondary N) is 2. The van der Waals surface area contributed by atoms with Gasteiger partial charge in [0.15, 0.2) is 5.82 Å². The molecule has 0 bridgehead atoms. The Kier molecular flexibility index (Phi) is 4.39. The maximum absolute atomic E-state index is 12.2. The second kappa shape index (κ2) is 6.06. The van der Waals surface area contributed by atoms with Crippen LogP contribution >= 0.6 is 0 Å². The topological polar surface area (TPSA) is 79.4 Å². The van der Waals surface area contributed by atoms with Gasteiger partial charge in [0.2, 0.25) is 5.95 Å². The lowest BCUT2D eigenvalue weighted by atomic mass is 10.2. The maximum atomic E-state index is 12.2. The largest absolute Gasteiger partial charge is 0.389 e. The standard InChI is InChI=1S/C12H15F3N6/c1-7(10-18-8(2)20-21-10)17-11-16-6-4-9(19-11)3-5-12(13,14)15/h4,6-7H,3,5H2,1-2H3,(H,16,17,19)(H,18,20,21)/t7-/m0/s1. The Hall–Kier alpha value is -2.19. The van der Waals surface area contributed by atoms with E-state index in [1.165, 1.54) is 12.3 Å². The lowest BCUT2D eigenvalue weighted by molar-refractivity contribution is -0.134. The van der Waals surface area contributed by atoms with Gasteiger partial charge in [-0.05, 0) is 26.3 Å². The highest BCUT2D eigenvalue weighted by atomic mass is 19.4. The van der Waals surface area contributed by atoms with Crippen LogP contribution in [-0.4, -0.2) is 31.3 Å². The monoisotopic (exact) mass is 300 g/mol. The van der Waals surface area contributed by atoms with Gasteiger partial charge in [0.05, 0.1) is 6.04 Å². The van der Waals surface area contributed by atoms with Crippen molar-refractivity contribution in [3.05, 3.63) is 29.6 Å². The lowest BCUT2D eigenvalue weighted by Crippen LogP contribution is -2.13. The van der Waals surface area contributed by atoms with Crippen molar-refractivity contribution in [2.45, 2.75) is 38.9 Å². The van der Waals surface area contributed by atoms with Gasteiger partial charge in [0, 0.05) is 18.3 Å². The number of aryl methyl sites for hydroxylation is 2. The minimum Gasteiger partial charge on any atom is -0.344 e. The van der Waals surface area contributed by atoms with Gasteiger partial charge in [-0.2, -0.15) is 18.3 Å². The van der Waals surface area contributed by atoms with Crippen molar-refractivity contribution in [1.82, 2.24) is 25.1 Å². The van der Waals surface area contributed by atoms with Crippen molar-refractivity contribution in [2.24, 2.45) is 0 Å². The van der Waals surface area contributed by atoms with Gasteiger partial charge in [0.25, 0.3) is 0 Å². The van der Waals surface area contributed by atoms with E-state index >= 15 is 0 Å². The first-order valence-electron chi connectivity index (χ1n) is 6.37. The van der Waals surface area contributed by atoms with E-state index in [-0.39, 0.29) is 18.4 Å². The highest BCUT2D eigenvalue weighted by molar-refractivity contribution is 5.28. The molecule has 114 valence electrons. The number of hydrogen-bond donors (Lipinski definition) is 2. The van der Waals surface area contributed by atoms with Crippen LogP contribution in [0.2, 0.25) is 0 Å². The van der Waals surface area contributed by atoms with Crippen molar-refractivity contribution < 1.29 is 13.2 Å². The first-order chi connectivity index (χ1) is 9.83. The molecular weight excluding hydrogens is 285 g/mol. The zero-order valence-electron chi connectivity index (χ0n) is 11.6. The number of aromatic amines is 1. The van der Waals surface area contributed by atoms with Crippen LogP contribution in [-0.2, 0) is 6.42 Å². The molecule has 21 heavy (non-hydrogen) atoms. The van der Waals surface area contributed by atoms with E-state index in [0.717, 1.165) is 0 Å². The third kappa shape index (κ3) is 4.69. The fourth-order valence-electron chi connectivity index (χ4n) is 1.69. The van der Waals surface area contributed by atoms with Gasteiger partial charge in [0.1, 0.15) is 5.82 Å². The maximum Gasteiger partial charge on any atom is 0.389 e. The number of aromatic nitrogens is 5. The molecule has 0 aliphatic carbocycles. The normalized spacial score (nSPS) is 13.2. The van der Waals surface area contributed by atoms with Gasteiger partial charge in [-0.3, -0.25) is 5.10 Å². The second-order valence-corrected chi connectivity index (χ2v) is 4.63. The number of alkyl halides is 3. The van der Waals surface area contributed by atoms with E-state index in [2.05, 4.69) is 30.5 Å². The summed E-state index contributed by atoms with van der Waals surface area (Å²) in [7, 11) is 0. The summed E-state index contributed by atoms with van der Waals surface area (Å²) in [6.45, 7) is 3.59. The summed E-state index contributed by atoms with van der Waals surface area (Å²) >= 11 is 0. The Morgan fingerprint density at radius 2 is 2.10 bits per heavy atom. The number of nitrogens with zero attached hydrogens (tertiary/aromatic N) is 4. The van der Waals surface area contributed by atoms with Crippen molar-refractivity contribution in [2.75, 3.05) is 5.32 Å². The second-order valence-electron chi connectivity index (χ2n) is 4.63. The lowest BCUT2D eigenvalue weighted by Gasteiger charge is -2.11. The van der Waals surface area contributed by atoms with Gasteiger partial charge >= 0.3 is 6.18 Å². The molecule has 2 rings (SSSR count). The summed E-state index contributed by atoms with van der Waals surface area (Å²) in [5.74, 6) is 1.47. The van der Waals surface area contributed by atoms with Crippen LogP contribution in [0.25, 0.3) is 0 Å². The Labute approximate surface area is 119 Å². The molecular formula is C12H15F3N6. The number of rotatable bonds is 5. The quantitative estimate of drug-likeness (QED) is 0.887. The summed E-state index contributed by atoms with van der Waals surface area (Å²) in [4.78, 5) is 12.2. The summed E-state index contributed by atoms with van der Waals surface area (Å²) in [6, 6.07) is 1.21. The Bertz CT molecular complexity index is 595. The van der Waals surface area contributed by atoms with Crippen LogP contribution in [0.1, 0.15) is 36.7 Å². The van der Waals surface area contributed by atoms with Gasteiger partial charge in [-0.1, -0.05) is 0 Å². The molecule has 2 N–H and O–H groups in total. The summed E-state index contributed by atoms with van der Waals surface area (Å²) in [6.07, 6.45) is -3.84. The predicted molar refractivity (Wildman–Crippen MR) is 69.6 cm³/mol. The molecule has 0 amide bonds. The molecule has 2 aromatic rings.